The van der Waals surface area contributed by atoms with E-state index in [2.05, 4.69) is 25.8 Å². The van der Waals surface area contributed by atoms with Gasteiger partial charge in [-0.3, -0.25) is 19.3 Å². The summed E-state index contributed by atoms with van der Waals surface area (Å²) in [5.41, 5.74) is 6.99. The fourth-order valence-electron chi connectivity index (χ4n) is 4.04. The number of nitrogens with one attached hydrogen (secondary N) is 2. The molecule has 0 aromatic carbocycles. The van der Waals surface area contributed by atoms with E-state index in [9.17, 15) is 19.2 Å². The highest BCUT2D eigenvalue weighted by Crippen LogP contribution is 2.39. The van der Waals surface area contributed by atoms with Crippen LogP contribution in [0.2, 0.25) is 4.34 Å². The van der Waals surface area contributed by atoms with Gasteiger partial charge in [0, 0.05) is 35.0 Å². The molecule has 2 aliphatic heterocycles. The number of pyridine rings is 1. The van der Waals surface area contributed by atoms with Gasteiger partial charge in [0.1, 0.15) is 21.4 Å². The number of nitrogens with zero attached hydrogens (tertiary/aromatic N) is 5. The molecule has 0 spiro atoms. The molecule has 218 valence electrons. The van der Waals surface area contributed by atoms with E-state index in [1.165, 1.54) is 34.9 Å². The number of hydrogen-bond acceptors (Lipinski definition) is 13. The highest BCUT2D eigenvalue weighted by atomic mass is 35.5. The number of halogens is 1. The van der Waals surface area contributed by atoms with Crippen molar-refractivity contribution >= 4 is 91.8 Å². The van der Waals surface area contributed by atoms with Gasteiger partial charge in [-0.2, -0.15) is 0 Å². The maximum absolute atomic E-state index is 13.2. The number of nitrogen functional groups attached to an aromatic ring is 1. The number of carboxylic acids is 1. The van der Waals surface area contributed by atoms with E-state index in [0.29, 0.717) is 18.6 Å². The largest absolute Gasteiger partial charge is 0.478 e. The van der Waals surface area contributed by atoms with Crippen molar-refractivity contribution in [1.29, 1.82) is 0 Å². The lowest BCUT2D eigenvalue weighted by Crippen LogP contribution is -2.70. The van der Waals surface area contributed by atoms with E-state index in [4.69, 9.17) is 27.3 Å². The summed E-state index contributed by atoms with van der Waals surface area (Å²) in [5.74, 6) is -2.23. The molecule has 0 saturated carbocycles. The Morgan fingerprint density at radius 2 is 2.17 bits per heavy atom. The second-order valence-corrected chi connectivity index (χ2v) is 12.5. The quantitative estimate of drug-likeness (QED) is 0.0775. The van der Waals surface area contributed by atoms with Crippen LogP contribution in [-0.2, 0) is 30.6 Å². The lowest BCUT2D eigenvalue weighted by Gasteiger charge is -2.49. The first-order chi connectivity index (χ1) is 20.2. The topological polar surface area (TPSA) is 193 Å². The molecule has 2 aliphatic rings. The van der Waals surface area contributed by atoms with Crippen molar-refractivity contribution in [2.45, 2.75) is 31.0 Å². The minimum atomic E-state index is -1.38. The molecule has 42 heavy (non-hydrogen) atoms. The Labute approximate surface area is 255 Å². The van der Waals surface area contributed by atoms with Crippen molar-refractivity contribution in [3.8, 4) is 0 Å². The third-order valence-electron chi connectivity index (χ3n) is 6.13. The Kier molecular flexibility index (Phi) is 8.72. The number of nitrogens with two attached hydrogens (primary N) is 1. The lowest BCUT2D eigenvalue weighted by molar-refractivity contribution is -0.688. The molecule has 3 aromatic rings. The Morgan fingerprint density at radius 3 is 2.79 bits per heavy atom. The third-order valence-corrected chi connectivity index (χ3v) is 9.24. The number of carbonyl (C=O) groups excluding carboxylic acids is 3. The SMILES string of the molecule is C[C@H](O/N=C(\C(=O)NC1C(=O)N2C(C=O)=C(C[n+]3ccc(Nc4nccs4)cc3)CSC12)c1nc(N)sc1Cl)C(=O)O. The smallest absolute Gasteiger partial charge is 0.347 e. The second-order valence-electron chi connectivity index (χ2n) is 8.89. The molecule has 2 unspecified atom stereocenters. The van der Waals surface area contributed by atoms with Crippen molar-refractivity contribution < 1.29 is 33.7 Å². The highest BCUT2D eigenvalue weighted by molar-refractivity contribution is 8.00. The summed E-state index contributed by atoms with van der Waals surface area (Å²) in [4.78, 5) is 64.1. The molecular weight excluding hydrogens is 628 g/mol. The molecule has 14 nitrogen and oxygen atoms in total. The molecule has 0 bridgehead atoms. The van der Waals surface area contributed by atoms with Crippen LogP contribution in [0.4, 0.5) is 16.0 Å². The first-order valence-corrected chi connectivity index (χ1v) is 15.3. The van der Waals surface area contributed by atoms with Crippen molar-refractivity contribution in [2.24, 2.45) is 5.16 Å². The van der Waals surface area contributed by atoms with Crippen LogP contribution in [0.5, 0.6) is 0 Å². The number of allylic oxidation sites excluding steroid dienone is 1. The Hall–Kier alpha value is -4.06. The summed E-state index contributed by atoms with van der Waals surface area (Å²) in [5, 5.41) is 20.7. The Bertz CT molecular complexity index is 1590. The first-order valence-electron chi connectivity index (χ1n) is 12.1. The van der Waals surface area contributed by atoms with Crippen LogP contribution in [0.3, 0.4) is 0 Å². The standard InChI is InChI=1S/C24H21ClN8O6S3/c1-11(22(37)38)39-31-16(15-18(25)42-23(26)30-15)19(35)29-17-20(36)33-14(9-34)12(10-41-21(17)33)8-32-5-2-13(3-6-32)28-24-27-4-7-40-24/h2-7,9,11,17,21H,8,10H2,1H3,(H4,26,29,30,35,37,38)/p+1/b31-16-/t11-,17?,21?/m0/s1. The van der Waals surface area contributed by atoms with Crippen molar-refractivity contribution in [1.82, 2.24) is 20.2 Å². The molecule has 18 heteroatoms. The number of rotatable bonds is 11. The molecule has 3 atom stereocenters. The molecule has 0 radical (unpaired) electrons. The number of aliphatic carboxylic acids is 1. The zero-order valence-electron chi connectivity index (χ0n) is 21.6. The van der Waals surface area contributed by atoms with Gasteiger partial charge in [-0.15, -0.1) is 23.1 Å². The van der Waals surface area contributed by atoms with Gasteiger partial charge in [0.2, 0.25) is 6.10 Å². The second kappa shape index (κ2) is 12.4. The minimum absolute atomic E-state index is 0.0295. The number of hydrogen-bond donors (Lipinski definition) is 4. The van der Waals surface area contributed by atoms with Crippen LogP contribution in [0, 0.1) is 0 Å². The zero-order chi connectivity index (χ0) is 30.0. The summed E-state index contributed by atoms with van der Waals surface area (Å²) in [6.45, 7) is 1.60. The van der Waals surface area contributed by atoms with Crippen molar-refractivity contribution in [3.05, 3.63) is 57.4 Å². The van der Waals surface area contributed by atoms with Crippen molar-refractivity contribution in [2.75, 3.05) is 16.8 Å². The zero-order valence-corrected chi connectivity index (χ0v) is 24.8. The minimum Gasteiger partial charge on any atom is -0.478 e. The van der Waals surface area contributed by atoms with E-state index >= 15 is 0 Å². The molecule has 1 fully saturated rings. The Balaban J connectivity index is 1.29. The van der Waals surface area contributed by atoms with E-state index in [-0.39, 0.29) is 20.9 Å². The maximum Gasteiger partial charge on any atom is 0.347 e. The first kappa shape index (κ1) is 29.4. The van der Waals surface area contributed by atoms with E-state index in [1.54, 1.807) is 6.20 Å². The maximum atomic E-state index is 13.2. The van der Waals surface area contributed by atoms with Crippen LogP contribution in [-0.4, -0.2) is 73.0 Å². The molecule has 5 N–H and O–H groups in total. The molecule has 5 rings (SSSR count). The number of carbonyl (C=O) groups is 4. The van der Waals surface area contributed by atoms with Gasteiger partial charge in [0.25, 0.3) is 11.8 Å². The monoisotopic (exact) mass is 649 g/mol. The normalized spacial score (nSPS) is 19.0. The number of aldehydes is 1. The van der Waals surface area contributed by atoms with Gasteiger partial charge in [-0.1, -0.05) is 28.1 Å². The van der Waals surface area contributed by atoms with Gasteiger partial charge in [0.05, 0.1) is 11.4 Å². The van der Waals surface area contributed by atoms with E-state index < -0.39 is 41.0 Å². The fraction of sp³-hybridized carbons (Fsp3) is 0.250. The fourth-order valence-corrected chi connectivity index (χ4v) is 6.87. The number of oxime groups is 1. The van der Waals surface area contributed by atoms with Gasteiger partial charge in [-0.25, -0.2) is 19.3 Å². The molecule has 0 aliphatic carbocycles. The number of carboxylic acid groups (broad SMARTS) is 1. The molecule has 2 amide bonds. The van der Waals surface area contributed by atoms with Crippen LogP contribution in [0.15, 0.2) is 52.5 Å². The van der Waals surface area contributed by atoms with Crippen LogP contribution in [0.1, 0.15) is 12.6 Å². The number of β-lactam (4-membered cyclic amide) rings is 1. The van der Waals surface area contributed by atoms with Gasteiger partial charge in [0.15, 0.2) is 41.2 Å². The lowest BCUT2D eigenvalue weighted by atomic mass is 10.0. The van der Waals surface area contributed by atoms with E-state index in [0.717, 1.165) is 27.7 Å². The molecule has 1 saturated heterocycles. The van der Waals surface area contributed by atoms with Crippen LogP contribution >= 0.6 is 46.0 Å². The van der Waals surface area contributed by atoms with Crippen molar-refractivity contribution in [3.63, 3.8) is 0 Å². The highest BCUT2D eigenvalue weighted by Gasteiger charge is 2.53. The number of aromatic nitrogens is 3. The molecule has 5 heterocycles. The Morgan fingerprint density at radius 1 is 1.40 bits per heavy atom. The predicted molar refractivity (Wildman–Crippen MR) is 156 cm³/mol. The number of amides is 2. The summed E-state index contributed by atoms with van der Waals surface area (Å²) >= 11 is 9.91. The predicted octanol–water partition coefficient (Wildman–Crippen LogP) is 1.61. The molecule has 3 aromatic heterocycles. The van der Waals surface area contributed by atoms with E-state index in [1.807, 2.05) is 34.5 Å². The van der Waals surface area contributed by atoms with Gasteiger partial charge >= 0.3 is 5.97 Å². The number of thioether (sulfide) groups is 1. The third kappa shape index (κ3) is 6.08. The average Bonchev–Trinajstić information content (AvgIpc) is 3.60. The van der Waals surface area contributed by atoms with Gasteiger partial charge in [-0.05, 0) is 6.92 Å². The average molecular weight is 650 g/mol. The van der Waals surface area contributed by atoms with Gasteiger partial charge < -0.3 is 26.3 Å². The molecular formula is C24H22ClN8O6S3+. The summed E-state index contributed by atoms with van der Waals surface area (Å²) in [7, 11) is 0. The number of fused-ring (bicyclic) bond motifs is 1. The number of thiazole rings is 2. The van der Waals surface area contributed by atoms with Crippen LogP contribution in [0.25, 0.3) is 0 Å². The summed E-state index contributed by atoms with van der Waals surface area (Å²) in [6, 6.07) is 2.77. The van der Waals surface area contributed by atoms with Crippen LogP contribution < -0.4 is 20.9 Å². The summed E-state index contributed by atoms with van der Waals surface area (Å²) < 4.78 is 1.92. The number of anilines is 3. The summed E-state index contributed by atoms with van der Waals surface area (Å²) in [6.07, 6.45) is 4.69.